The van der Waals surface area contributed by atoms with E-state index in [9.17, 15) is 10.1 Å². The Morgan fingerprint density at radius 1 is 1.24 bits per heavy atom. The number of halogens is 1. The van der Waals surface area contributed by atoms with Crippen LogP contribution < -0.4 is 4.74 Å². The zero-order valence-corrected chi connectivity index (χ0v) is 19.0. The maximum absolute atomic E-state index is 16.0. The highest BCUT2D eigenvalue weighted by atomic mass is 19.1. The third-order valence-corrected chi connectivity index (χ3v) is 6.44. The Labute approximate surface area is 196 Å². The number of fused-ring (bicyclic) bond motifs is 1. The van der Waals surface area contributed by atoms with Gasteiger partial charge in [-0.05, 0) is 25.1 Å². The SMILES string of the molecule is COc1c(C#N)ccc(C2(F)CCOCC2)c1C(=O)N1Cc2cn(-c3cccc(C)n3)nc2C1. The van der Waals surface area contributed by atoms with Gasteiger partial charge in [-0.1, -0.05) is 12.1 Å². The number of ether oxygens (including phenoxy) is 2. The summed E-state index contributed by atoms with van der Waals surface area (Å²) in [6.45, 7) is 3.04. The van der Waals surface area contributed by atoms with Crippen molar-refractivity contribution < 1.29 is 18.7 Å². The molecule has 174 valence electrons. The predicted octanol–water partition coefficient (Wildman–Crippen LogP) is 3.59. The van der Waals surface area contributed by atoms with Crippen LogP contribution in [0.15, 0.2) is 36.5 Å². The van der Waals surface area contributed by atoms with E-state index in [2.05, 4.69) is 16.2 Å². The van der Waals surface area contributed by atoms with E-state index in [0.717, 1.165) is 17.0 Å². The summed E-state index contributed by atoms with van der Waals surface area (Å²) in [5.41, 5.74) is 1.35. The van der Waals surface area contributed by atoms with Crippen molar-refractivity contribution in [3.63, 3.8) is 0 Å². The van der Waals surface area contributed by atoms with Gasteiger partial charge in [0.05, 0.1) is 30.5 Å². The number of carbonyl (C=O) groups is 1. The molecule has 2 aromatic heterocycles. The molecule has 0 bridgehead atoms. The number of amides is 1. The molecule has 0 saturated carbocycles. The molecule has 0 atom stereocenters. The van der Waals surface area contributed by atoms with Gasteiger partial charge in [-0.15, -0.1) is 0 Å². The first kappa shape index (κ1) is 22.0. The Morgan fingerprint density at radius 2 is 2.03 bits per heavy atom. The number of pyridine rings is 1. The van der Waals surface area contributed by atoms with Gasteiger partial charge in [-0.25, -0.2) is 14.1 Å². The van der Waals surface area contributed by atoms with E-state index in [1.54, 1.807) is 15.6 Å². The third kappa shape index (κ3) is 3.70. The molecule has 8 nitrogen and oxygen atoms in total. The molecule has 0 spiro atoms. The second kappa shape index (κ2) is 8.54. The lowest BCUT2D eigenvalue weighted by Crippen LogP contribution is -2.34. The number of nitrogens with zero attached hydrogens (tertiary/aromatic N) is 5. The average Bonchev–Trinajstić information content (AvgIpc) is 3.43. The molecule has 0 radical (unpaired) electrons. The molecule has 34 heavy (non-hydrogen) atoms. The van der Waals surface area contributed by atoms with Crippen LogP contribution in [0.4, 0.5) is 4.39 Å². The number of aromatic nitrogens is 3. The van der Waals surface area contributed by atoms with Gasteiger partial charge in [0.15, 0.2) is 5.82 Å². The van der Waals surface area contributed by atoms with Crippen molar-refractivity contribution in [1.82, 2.24) is 19.7 Å². The first-order valence-corrected chi connectivity index (χ1v) is 11.1. The number of hydrogen-bond donors (Lipinski definition) is 0. The van der Waals surface area contributed by atoms with Crippen molar-refractivity contribution in [2.45, 2.75) is 38.5 Å². The number of carbonyl (C=O) groups excluding carboxylic acids is 1. The van der Waals surface area contributed by atoms with Gasteiger partial charge in [-0.2, -0.15) is 10.4 Å². The molecule has 2 aliphatic heterocycles. The maximum Gasteiger partial charge on any atom is 0.258 e. The Bertz CT molecular complexity index is 1280. The summed E-state index contributed by atoms with van der Waals surface area (Å²) in [6.07, 6.45) is 2.14. The molecule has 1 aromatic carbocycles. The van der Waals surface area contributed by atoms with Gasteiger partial charge in [0.2, 0.25) is 0 Å². The van der Waals surface area contributed by atoms with Crippen LogP contribution in [0.2, 0.25) is 0 Å². The fourth-order valence-electron chi connectivity index (χ4n) is 4.66. The van der Waals surface area contributed by atoms with E-state index in [1.807, 2.05) is 31.3 Å². The van der Waals surface area contributed by atoms with Crippen LogP contribution in [-0.4, -0.2) is 45.9 Å². The van der Waals surface area contributed by atoms with E-state index < -0.39 is 5.67 Å². The molecule has 5 rings (SSSR count). The molecule has 0 N–H and O–H groups in total. The summed E-state index contributed by atoms with van der Waals surface area (Å²) in [6, 6.07) is 10.8. The van der Waals surface area contributed by atoms with E-state index >= 15 is 4.39 Å². The molecule has 9 heteroatoms. The van der Waals surface area contributed by atoms with Crippen molar-refractivity contribution in [3.05, 3.63) is 70.2 Å². The van der Waals surface area contributed by atoms with Crippen LogP contribution in [-0.2, 0) is 23.5 Å². The molecule has 1 amide bonds. The third-order valence-electron chi connectivity index (χ3n) is 6.44. The summed E-state index contributed by atoms with van der Waals surface area (Å²) in [4.78, 5) is 19.9. The van der Waals surface area contributed by atoms with Crippen molar-refractivity contribution >= 4 is 5.91 Å². The molecule has 1 fully saturated rings. The second-order valence-electron chi connectivity index (χ2n) is 8.60. The lowest BCUT2D eigenvalue weighted by Gasteiger charge is -2.32. The minimum absolute atomic E-state index is 0.101. The number of methoxy groups -OCH3 is 1. The zero-order chi connectivity index (χ0) is 23.9. The number of rotatable bonds is 4. The Balaban J connectivity index is 1.49. The summed E-state index contributed by atoms with van der Waals surface area (Å²) >= 11 is 0. The van der Waals surface area contributed by atoms with Gasteiger partial charge in [-0.3, -0.25) is 4.79 Å². The quantitative estimate of drug-likeness (QED) is 0.590. The highest BCUT2D eigenvalue weighted by Gasteiger charge is 2.41. The summed E-state index contributed by atoms with van der Waals surface area (Å²) in [7, 11) is 1.39. The largest absolute Gasteiger partial charge is 0.495 e. The minimum Gasteiger partial charge on any atom is -0.495 e. The maximum atomic E-state index is 16.0. The number of nitriles is 1. The van der Waals surface area contributed by atoms with Crippen molar-refractivity contribution in [3.8, 4) is 17.6 Å². The molecule has 0 aliphatic carbocycles. The molecule has 1 saturated heterocycles. The lowest BCUT2D eigenvalue weighted by molar-refractivity contribution is -0.0122. The summed E-state index contributed by atoms with van der Waals surface area (Å²) in [5, 5.41) is 14.2. The Hall–Kier alpha value is -3.77. The van der Waals surface area contributed by atoms with E-state index in [1.165, 1.54) is 13.2 Å². The normalized spacial score (nSPS) is 16.7. The van der Waals surface area contributed by atoms with Gasteiger partial charge < -0.3 is 14.4 Å². The minimum atomic E-state index is -1.73. The predicted molar refractivity (Wildman–Crippen MR) is 120 cm³/mol. The monoisotopic (exact) mass is 461 g/mol. The average molecular weight is 461 g/mol. The van der Waals surface area contributed by atoms with Crippen LogP contribution in [0, 0.1) is 18.3 Å². The fourth-order valence-corrected chi connectivity index (χ4v) is 4.66. The highest BCUT2D eigenvalue weighted by molar-refractivity contribution is 6.00. The molecular formula is C25H24FN5O3. The zero-order valence-electron chi connectivity index (χ0n) is 19.0. The molecule has 3 aromatic rings. The van der Waals surface area contributed by atoms with Gasteiger partial charge in [0.25, 0.3) is 5.91 Å². The van der Waals surface area contributed by atoms with Crippen LogP contribution in [0.25, 0.3) is 5.82 Å². The van der Waals surface area contributed by atoms with Gasteiger partial charge >= 0.3 is 0 Å². The van der Waals surface area contributed by atoms with Gasteiger partial charge in [0, 0.05) is 55.6 Å². The molecular weight excluding hydrogens is 437 g/mol. The fraction of sp³-hybridized carbons (Fsp3) is 0.360. The Kier molecular flexibility index (Phi) is 5.54. The van der Waals surface area contributed by atoms with Gasteiger partial charge in [0.1, 0.15) is 17.5 Å². The first-order chi connectivity index (χ1) is 16.4. The van der Waals surface area contributed by atoms with Crippen molar-refractivity contribution in [2.24, 2.45) is 0 Å². The van der Waals surface area contributed by atoms with Crippen LogP contribution in [0.1, 0.15) is 51.3 Å². The topological polar surface area (TPSA) is 93.3 Å². The number of alkyl halides is 1. The van der Waals surface area contributed by atoms with Crippen LogP contribution in [0.5, 0.6) is 5.75 Å². The first-order valence-electron chi connectivity index (χ1n) is 11.1. The summed E-state index contributed by atoms with van der Waals surface area (Å²) < 4.78 is 28.6. The molecule has 2 aliphatic rings. The summed E-state index contributed by atoms with van der Waals surface area (Å²) in [5.74, 6) is 0.426. The second-order valence-corrected chi connectivity index (χ2v) is 8.60. The molecule has 4 heterocycles. The standard InChI is InChI=1S/C25H24FN5O3/c1-16-4-3-5-21(28-16)31-14-18-13-30(15-20(18)29-31)24(32)22-19(25(26)8-10-34-11-9-25)7-6-17(12-27)23(22)33-2/h3-7,14H,8-11,13,15H2,1-2H3. The van der Waals surface area contributed by atoms with E-state index in [4.69, 9.17) is 9.47 Å². The van der Waals surface area contributed by atoms with Crippen molar-refractivity contribution in [2.75, 3.05) is 20.3 Å². The van der Waals surface area contributed by atoms with Crippen LogP contribution >= 0.6 is 0 Å². The number of aryl methyl sites for hydroxylation is 1. The highest BCUT2D eigenvalue weighted by Crippen LogP contribution is 2.43. The van der Waals surface area contributed by atoms with E-state index in [-0.39, 0.29) is 60.9 Å². The van der Waals surface area contributed by atoms with Crippen molar-refractivity contribution in [1.29, 1.82) is 5.26 Å². The number of benzene rings is 1. The Morgan fingerprint density at radius 3 is 2.71 bits per heavy atom. The number of hydrogen-bond acceptors (Lipinski definition) is 6. The smallest absolute Gasteiger partial charge is 0.258 e. The lowest BCUT2D eigenvalue weighted by atomic mass is 9.83. The van der Waals surface area contributed by atoms with Crippen LogP contribution in [0.3, 0.4) is 0 Å². The van der Waals surface area contributed by atoms with E-state index in [0.29, 0.717) is 12.4 Å². The molecule has 0 unspecified atom stereocenters.